The molecule has 0 bridgehead atoms. The molecule has 2 aromatic rings. The molecule has 1 aliphatic heterocycles. The second-order valence-electron chi connectivity index (χ2n) is 5.31. The van der Waals surface area contributed by atoms with E-state index in [9.17, 15) is 9.59 Å². The van der Waals surface area contributed by atoms with Gasteiger partial charge in [0.25, 0.3) is 0 Å². The largest absolute Gasteiger partial charge is 0.481 e. The Morgan fingerprint density at radius 1 is 1.25 bits per heavy atom. The van der Waals surface area contributed by atoms with Crippen LogP contribution >= 0.6 is 11.8 Å². The Bertz CT molecular complexity index is 871. The second kappa shape index (κ2) is 6.84. The van der Waals surface area contributed by atoms with Crippen molar-refractivity contribution in [3.63, 3.8) is 0 Å². The summed E-state index contributed by atoms with van der Waals surface area (Å²) in [5.74, 6) is -1.36. The highest BCUT2D eigenvalue weighted by Crippen LogP contribution is 2.23. The van der Waals surface area contributed by atoms with Crippen LogP contribution in [0.2, 0.25) is 0 Å². The predicted molar refractivity (Wildman–Crippen MR) is 95.4 cm³/mol. The normalized spacial score (nSPS) is 19.7. The third-order valence-corrected chi connectivity index (χ3v) is 4.68. The predicted octanol–water partition coefficient (Wildman–Crippen LogP) is 2.63. The summed E-state index contributed by atoms with van der Waals surface area (Å²) in [7, 11) is 0. The average Bonchev–Trinajstić information content (AvgIpc) is 2.91. The van der Waals surface area contributed by atoms with Crippen molar-refractivity contribution in [2.75, 3.05) is 0 Å². The van der Waals surface area contributed by atoms with Crippen LogP contribution in [0.25, 0.3) is 10.8 Å². The van der Waals surface area contributed by atoms with Crippen LogP contribution in [0.1, 0.15) is 18.9 Å². The van der Waals surface area contributed by atoms with E-state index in [-0.39, 0.29) is 12.3 Å². The quantitative estimate of drug-likeness (QED) is 0.660. The Morgan fingerprint density at radius 3 is 2.79 bits per heavy atom. The number of aliphatic carboxylic acids is 1. The first kappa shape index (κ1) is 16.2. The van der Waals surface area contributed by atoms with Crippen LogP contribution in [0.15, 0.2) is 52.7 Å². The molecule has 6 nitrogen and oxygen atoms in total. The number of amides is 1. The molecule has 1 fully saturated rings. The topological polar surface area (TPSA) is 91.1 Å². The fraction of sp³-hybridized carbons (Fsp3) is 0.176. The summed E-state index contributed by atoms with van der Waals surface area (Å²) in [5.41, 5.74) is 1.68. The van der Waals surface area contributed by atoms with Gasteiger partial charge in [0.15, 0.2) is 5.17 Å². The van der Waals surface area contributed by atoms with Gasteiger partial charge in [0.05, 0.1) is 12.1 Å². The highest BCUT2D eigenvalue weighted by atomic mass is 32.2. The second-order valence-corrected chi connectivity index (χ2v) is 6.50. The number of nitrogens with one attached hydrogen (secondary N) is 1. The highest BCUT2D eigenvalue weighted by Gasteiger charge is 2.32. The molecular weight excluding hydrogens is 326 g/mol. The lowest BCUT2D eigenvalue weighted by molar-refractivity contribution is -0.138. The maximum absolute atomic E-state index is 11.7. The van der Waals surface area contributed by atoms with E-state index in [1.165, 1.54) is 0 Å². The molecule has 3 rings (SSSR count). The smallest absolute Gasteiger partial charge is 0.305 e. The zero-order valence-corrected chi connectivity index (χ0v) is 13.7. The number of fused-ring (bicyclic) bond motifs is 1. The molecule has 0 radical (unpaired) electrons. The highest BCUT2D eigenvalue weighted by molar-refractivity contribution is 8.15. The minimum Gasteiger partial charge on any atom is -0.481 e. The molecule has 0 saturated carbocycles. The summed E-state index contributed by atoms with van der Waals surface area (Å²) < 4.78 is 0. The number of amidine groups is 1. The van der Waals surface area contributed by atoms with E-state index in [0.29, 0.717) is 5.17 Å². The molecule has 0 aliphatic carbocycles. The van der Waals surface area contributed by atoms with Crippen molar-refractivity contribution in [3.8, 4) is 0 Å². The van der Waals surface area contributed by atoms with E-state index < -0.39 is 11.2 Å². The van der Waals surface area contributed by atoms with Crippen molar-refractivity contribution in [3.05, 3.63) is 48.0 Å². The lowest BCUT2D eigenvalue weighted by Gasteiger charge is -2.04. The number of carbonyl (C=O) groups excluding carboxylic acids is 1. The zero-order chi connectivity index (χ0) is 17.1. The van der Waals surface area contributed by atoms with Gasteiger partial charge >= 0.3 is 5.97 Å². The van der Waals surface area contributed by atoms with Gasteiger partial charge in [-0.3, -0.25) is 9.59 Å². The maximum atomic E-state index is 11.7. The Labute approximate surface area is 142 Å². The summed E-state index contributed by atoms with van der Waals surface area (Å²) >= 11 is 1.09. The minimum atomic E-state index is -1.01. The Balaban J connectivity index is 1.84. The van der Waals surface area contributed by atoms with Crippen molar-refractivity contribution < 1.29 is 14.7 Å². The number of nitrogens with zero attached hydrogens (tertiary/aromatic N) is 2. The molecule has 122 valence electrons. The molecule has 2 aromatic carbocycles. The van der Waals surface area contributed by atoms with Crippen LogP contribution in [-0.2, 0) is 9.59 Å². The molecular formula is C17H15N3O3S. The molecule has 1 heterocycles. The van der Waals surface area contributed by atoms with E-state index in [2.05, 4.69) is 15.5 Å². The van der Waals surface area contributed by atoms with E-state index in [0.717, 1.165) is 33.8 Å². The van der Waals surface area contributed by atoms with Gasteiger partial charge in [-0.25, -0.2) is 0 Å². The number of carboxylic acid groups (broad SMARTS) is 1. The van der Waals surface area contributed by atoms with Gasteiger partial charge in [0.1, 0.15) is 5.25 Å². The van der Waals surface area contributed by atoms with Gasteiger partial charge in [-0.1, -0.05) is 54.2 Å². The monoisotopic (exact) mass is 341 g/mol. The summed E-state index contributed by atoms with van der Waals surface area (Å²) in [6, 6.07) is 13.9. The molecule has 0 spiro atoms. The average molecular weight is 341 g/mol. The molecule has 7 heteroatoms. The van der Waals surface area contributed by atoms with Crippen LogP contribution < -0.4 is 5.32 Å². The summed E-state index contributed by atoms with van der Waals surface area (Å²) in [6.07, 6.45) is -0.235. The number of thioether (sulfide) groups is 1. The van der Waals surface area contributed by atoms with Gasteiger partial charge in [-0.15, -0.1) is 5.10 Å². The molecule has 1 atom stereocenters. The Hall–Kier alpha value is -2.67. The molecule has 1 saturated heterocycles. The third-order valence-electron chi connectivity index (χ3n) is 3.61. The van der Waals surface area contributed by atoms with E-state index in [4.69, 9.17) is 5.11 Å². The molecule has 1 aliphatic rings. The van der Waals surface area contributed by atoms with Crippen LogP contribution in [0.3, 0.4) is 0 Å². The van der Waals surface area contributed by atoms with Gasteiger partial charge in [-0.2, -0.15) is 5.10 Å². The minimum absolute atomic E-state index is 0.235. The number of rotatable bonds is 4. The fourth-order valence-electron chi connectivity index (χ4n) is 2.46. The zero-order valence-electron chi connectivity index (χ0n) is 12.9. The summed E-state index contributed by atoms with van der Waals surface area (Å²) in [4.78, 5) is 22.4. The maximum Gasteiger partial charge on any atom is 0.305 e. The van der Waals surface area contributed by atoms with Gasteiger partial charge in [0.2, 0.25) is 5.91 Å². The first-order valence-corrected chi connectivity index (χ1v) is 8.22. The van der Waals surface area contributed by atoms with Gasteiger partial charge in [0, 0.05) is 5.56 Å². The van der Waals surface area contributed by atoms with Gasteiger partial charge in [-0.05, 0) is 17.7 Å². The lowest BCUT2D eigenvalue weighted by atomic mass is 10.0. The van der Waals surface area contributed by atoms with Crippen molar-refractivity contribution in [1.29, 1.82) is 0 Å². The molecule has 0 aromatic heterocycles. The van der Waals surface area contributed by atoms with Crippen LogP contribution in [0.4, 0.5) is 0 Å². The van der Waals surface area contributed by atoms with Crippen LogP contribution in [-0.4, -0.2) is 33.1 Å². The summed E-state index contributed by atoms with van der Waals surface area (Å²) in [6.45, 7) is 1.85. The number of hydrogen-bond donors (Lipinski definition) is 2. The number of carbonyl (C=O) groups is 2. The molecule has 24 heavy (non-hydrogen) atoms. The lowest BCUT2D eigenvalue weighted by Crippen LogP contribution is -2.26. The van der Waals surface area contributed by atoms with Crippen molar-refractivity contribution in [2.24, 2.45) is 10.2 Å². The fourth-order valence-corrected chi connectivity index (χ4v) is 3.37. The molecule has 1 unspecified atom stereocenters. The van der Waals surface area contributed by atoms with E-state index >= 15 is 0 Å². The molecule has 2 N–H and O–H groups in total. The van der Waals surface area contributed by atoms with E-state index in [1.807, 2.05) is 49.4 Å². The number of carboxylic acids is 1. The van der Waals surface area contributed by atoms with Crippen molar-refractivity contribution in [2.45, 2.75) is 18.6 Å². The first-order chi connectivity index (χ1) is 11.5. The number of benzene rings is 2. The van der Waals surface area contributed by atoms with Crippen LogP contribution in [0.5, 0.6) is 0 Å². The van der Waals surface area contributed by atoms with Crippen LogP contribution in [0, 0.1) is 0 Å². The Kier molecular flexibility index (Phi) is 4.61. The summed E-state index contributed by atoms with van der Waals surface area (Å²) in [5, 5.41) is 21.5. The SMILES string of the molecule is C/C(=N\N=C1/NC(=O)C(CC(=O)O)S1)c1cccc2ccccc12. The van der Waals surface area contributed by atoms with Crippen molar-refractivity contribution in [1.82, 2.24) is 5.32 Å². The Morgan fingerprint density at radius 2 is 2.00 bits per heavy atom. The molecule has 1 amide bonds. The standard InChI is InChI=1S/C17H15N3O3S/c1-10(12-8-4-6-11-5-2-3-7-13(11)12)19-20-17-18-16(23)14(24-17)9-15(21)22/h2-8,14H,9H2,1H3,(H,21,22)(H,18,20,23)/b19-10+. The first-order valence-electron chi connectivity index (χ1n) is 7.34. The van der Waals surface area contributed by atoms with E-state index in [1.54, 1.807) is 0 Å². The number of hydrogen-bond acceptors (Lipinski definition) is 5. The van der Waals surface area contributed by atoms with Crippen molar-refractivity contribution >= 4 is 45.3 Å². The third kappa shape index (κ3) is 3.46. The van der Waals surface area contributed by atoms with Gasteiger partial charge < -0.3 is 10.4 Å².